The van der Waals surface area contributed by atoms with Gasteiger partial charge in [0.2, 0.25) is 17.8 Å². The van der Waals surface area contributed by atoms with Crippen LogP contribution < -0.4 is 0 Å². The Bertz CT molecular complexity index is 2470. The fourth-order valence-corrected chi connectivity index (χ4v) is 6.11. The van der Waals surface area contributed by atoms with Crippen molar-refractivity contribution in [1.82, 2.24) is 38.2 Å². The van der Waals surface area contributed by atoms with Gasteiger partial charge in [0.1, 0.15) is 5.82 Å². The topological polar surface area (TPSA) is 71.3 Å². The van der Waals surface area contributed by atoms with Crippen molar-refractivity contribution in [2.75, 3.05) is 0 Å². The molecule has 0 atom stereocenters. The molecule has 0 N–H and O–H groups in total. The van der Waals surface area contributed by atoms with Gasteiger partial charge < -0.3 is 0 Å². The van der Waals surface area contributed by atoms with Crippen LogP contribution in [0.5, 0.6) is 0 Å². The van der Waals surface area contributed by atoms with E-state index in [2.05, 4.69) is 78.9 Å². The summed E-state index contributed by atoms with van der Waals surface area (Å²) in [6.07, 6.45) is 0. The Morgan fingerprint density at radius 1 is 0.349 bits per heavy atom. The fraction of sp³-hybridized carbons (Fsp3) is 0.0286. The first-order chi connectivity index (χ1) is 21.3. The van der Waals surface area contributed by atoms with E-state index in [9.17, 15) is 0 Å². The number of aryl methyl sites for hydroxylation is 1. The Labute approximate surface area is 245 Å². The normalized spacial score (nSPS) is 11.8. The van der Waals surface area contributed by atoms with Gasteiger partial charge in [-0.3, -0.25) is 9.13 Å². The number of fused-ring (bicyclic) bond motifs is 4. The lowest BCUT2D eigenvalue weighted by Gasteiger charge is -2.15. The number of para-hydroxylation sites is 9. The van der Waals surface area contributed by atoms with E-state index in [4.69, 9.17) is 19.9 Å². The van der Waals surface area contributed by atoms with Crippen LogP contribution in [0.4, 0.5) is 0 Å². The molecular weight excluding hydrogens is 532 g/mol. The molecule has 0 radical (unpaired) electrons. The van der Waals surface area contributed by atoms with Crippen molar-refractivity contribution in [3.8, 4) is 23.5 Å². The number of nitrogens with zero attached hydrogens (tertiary/aromatic N) is 8. The van der Waals surface area contributed by atoms with Crippen LogP contribution in [0.1, 0.15) is 5.82 Å². The Morgan fingerprint density at radius 2 is 0.698 bits per heavy atom. The highest BCUT2D eigenvalue weighted by atomic mass is 15.4. The average Bonchev–Trinajstić information content (AvgIpc) is 3.79. The van der Waals surface area contributed by atoms with Crippen molar-refractivity contribution in [3.63, 3.8) is 0 Å². The van der Waals surface area contributed by atoms with E-state index < -0.39 is 0 Å². The van der Waals surface area contributed by atoms with Crippen LogP contribution in [0, 0.1) is 6.92 Å². The monoisotopic (exact) mass is 556 g/mol. The van der Waals surface area contributed by atoms with E-state index in [1.165, 1.54) is 0 Å². The van der Waals surface area contributed by atoms with Gasteiger partial charge in [0.25, 0.3) is 0 Å². The second-order valence-corrected chi connectivity index (χ2v) is 10.5. The number of hydrogen-bond acceptors (Lipinski definition) is 4. The zero-order valence-electron chi connectivity index (χ0n) is 23.2. The Balaban J connectivity index is 1.44. The zero-order chi connectivity index (χ0) is 28.5. The molecule has 0 amide bonds. The second kappa shape index (κ2) is 8.99. The first-order valence-corrected chi connectivity index (χ1v) is 14.2. The highest BCUT2D eigenvalue weighted by Crippen LogP contribution is 2.33. The standard InChI is InChI=1S/C35H24N8/c1-23-36-25-15-5-9-19-29(25)40(23)33-37-27-17-7-11-21-31(27)42(33)35-39-28-18-8-12-22-32(28)43(35)34-38-26-16-6-10-20-30(26)41(34)24-13-3-2-4-14-24/h2-22H,1H3. The predicted octanol–water partition coefficient (Wildman–Crippen LogP) is 7.35. The maximum Gasteiger partial charge on any atom is 0.225 e. The smallest absolute Gasteiger partial charge is 0.225 e. The molecule has 8 nitrogen and oxygen atoms in total. The summed E-state index contributed by atoms with van der Waals surface area (Å²) in [7, 11) is 0. The molecule has 8 heteroatoms. The summed E-state index contributed by atoms with van der Waals surface area (Å²) in [6, 6.07) is 43.1. The maximum atomic E-state index is 5.27. The molecule has 204 valence electrons. The Morgan fingerprint density at radius 3 is 1.21 bits per heavy atom. The van der Waals surface area contributed by atoms with Gasteiger partial charge >= 0.3 is 0 Å². The molecule has 0 saturated carbocycles. The molecule has 9 aromatic rings. The highest BCUT2D eigenvalue weighted by Gasteiger charge is 2.26. The first kappa shape index (κ1) is 23.7. The summed E-state index contributed by atoms with van der Waals surface area (Å²) >= 11 is 0. The van der Waals surface area contributed by atoms with E-state index in [1.807, 2.05) is 73.7 Å². The molecule has 43 heavy (non-hydrogen) atoms. The largest absolute Gasteiger partial charge is 0.278 e. The van der Waals surface area contributed by atoms with E-state index >= 15 is 0 Å². The van der Waals surface area contributed by atoms with E-state index in [1.54, 1.807) is 0 Å². The van der Waals surface area contributed by atoms with Crippen LogP contribution in [0.2, 0.25) is 0 Å². The lowest BCUT2D eigenvalue weighted by atomic mass is 10.3. The minimum atomic E-state index is 0.689. The number of hydrogen-bond donors (Lipinski definition) is 0. The van der Waals surface area contributed by atoms with Crippen molar-refractivity contribution in [2.45, 2.75) is 6.92 Å². The average molecular weight is 557 g/mol. The molecule has 4 heterocycles. The summed E-state index contributed by atoms with van der Waals surface area (Å²) in [4.78, 5) is 20.5. The molecule has 4 aromatic heterocycles. The van der Waals surface area contributed by atoms with Crippen LogP contribution in [0.25, 0.3) is 67.7 Å². The van der Waals surface area contributed by atoms with Crippen molar-refractivity contribution < 1.29 is 0 Å². The minimum absolute atomic E-state index is 0.689. The van der Waals surface area contributed by atoms with E-state index in [0.29, 0.717) is 11.9 Å². The number of imidazole rings is 4. The Kier molecular flexibility index (Phi) is 4.95. The van der Waals surface area contributed by atoms with E-state index in [0.717, 1.165) is 61.6 Å². The molecule has 0 fully saturated rings. The van der Waals surface area contributed by atoms with Crippen molar-refractivity contribution in [1.29, 1.82) is 0 Å². The number of benzene rings is 5. The first-order valence-electron chi connectivity index (χ1n) is 14.2. The van der Waals surface area contributed by atoms with Crippen LogP contribution in [-0.2, 0) is 0 Å². The van der Waals surface area contributed by atoms with Gasteiger partial charge in [-0.15, -0.1) is 0 Å². The maximum absolute atomic E-state index is 5.27. The van der Waals surface area contributed by atoms with Gasteiger partial charge in [0.05, 0.1) is 44.1 Å². The van der Waals surface area contributed by atoms with Crippen molar-refractivity contribution >= 4 is 44.1 Å². The summed E-state index contributed by atoms with van der Waals surface area (Å²) < 4.78 is 8.59. The second-order valence-electron chi connectivity index (χ2n) is 10.5. The van der Waals surface area contributed by atoms with Gasteiger partial charge in [-0.1, -0.05) is 66.7 Å². The predicted molar refractivity (Wildman–Crippen MR) is 170 cm³/mol. The van der Waals surface area contributed by atoms with E-state index in [-0.39, 0.29) is 0 Å². The minimum Gasteiger partial charge on any atom is -0.278 e. The third-order valence-corrected chi connectivity index (χ3v) is 7.97. The molecular formula is C35H24N8. The summed E-state index contributed by atoms with van der Waals surface area (Å²) in [5.74, 6) is 2.99. The third-order valence-electron chi connectivity index (χ3n) is 7.97. The van der Waals surface area contributed by atoms with Gasteiger partial charge in [0, 0.05) is 5.69 Å². The Hall–Kier alpha value is -6.02. The molecule has 0 bridgehead atoms. The molecule has 9 rings (SSSR count). The fourth-order valence-electron chi connectivity index (χ4n) is 6.11. The number of aromatic nitrogens is 8. The lowest BCUT2D eigenvalue weighted by molar-refractivity contribution is 0.815. The van der Waals surface area contributed by atoms with Crippen LogP contribution >= 0.6 is 0 Å². The highest BCUT2D eigenvalue weighted by molar-refractivity contribution is 5.87. The van der Waals surface area contributed by atoms with Gasteiger partial charge in [-0.05, 0) is 67.6 Å². The van der Waals surface area contributed by atoms with Crippen LogP contribution in [0.15, 0.2) is 127 Å². The summed E-state index contributed by atoms with van der Waals surface area (Å²) in [6.45, 7) is 2.02. The summed E-state index contributed by atoms with van der Waals surface area (Å²) in [5, 5.41) is 0. The van der Waals surface area contributed by atoms with Gasteiger partial charge in [0.15, 0.2) is 0 Å². The lowest BCUT2D eigenvalue weighted by Crippen LogP contribution is -2.14. The molecule has 0 aliphatic rings. The van der Waals surface area contributed by atoms with Crippen LogP contribution in [0.3, 0.4) is 0 Å². The molecule has 5 aromatic carbocycles. The SMILES string of the molecule is Cc1nc2ccccc2n1-c1nc2ccccc2n1-c1nc2ccccc2n1-c1nc2ccccc2n1-c1ccccc1. The third kappa shape index (κ3) is 3.43. The van der Waals surface area contributed by atoms with Crippen LogP contribution in [-0.4, -0.2) is 38.2 Å². The van der Waals surface area contributed by atoms with Crippen molar-refractivity contribution in [3.05, 3.63) is 133 Å². The zero-order valence-corrected chi connectivity index (χ0v) is 23.2. The quantitative estimate of drug-likeness (QED) is 0.227. The molecule has 0 spiro atoms. The molecule has 0 aliphatic carbocycles. The van der Waals surface area contributed by atoms with Gasteiger partial charge in [-0.2, -0.15) is 0 Å². The summed E-state index contributed by atoms with van der Waals surface area (Å²) in [5.41, 5.74) is 8.44. The van der Waals surface area contributed by atoms with Gasteiger partial charge in [-0.25, -0.2) is 29.1 Å². The molecule has 0 saturated heterocycles. The molecule has 0 unspecified atom stereocenters. The van der Waals surface area contributed by atoms with Crippen molar-refractivity contribution in [2.24, 2.45) is 0 Å². The molecule has 0 aliphatic heterocycles. The number of rotatable bonds is 4.